The normalized spacial score (nSPS) is 13.7. The largest absolute Gasteiger partial charge is 0.482 e. The summed E-state index contributed by atoms with van der Waals surface area (Å²) in [4.78, 5) is 27.5. The van der Waals surface area contributed by atoms with E-state index in [9.17, 15) is 14.0 Å². The van der Waals surface area contributed by atoms with Crippen molar-refractivity contribution in [2.45, 2.75) is 20.4 Å². The summed E-state index contributed by atoms with van der Waals surface area (Å²) in [5.74, 6) is -0.0815. The highest BCUT2D eigenvalue weighted by Crippen LogP contribution is 2.28. The van der Waals surface area contributed by atoms with E-state index in [1.807, 2.05) is 13.8 Å². The Morgan fingerprint density at radius 1 is 1.10 bits per heavy atom. The maximum atomic E-state index is 13.0. The van der Waals surface area contributed by atoms with Crippen LogP contribution in [0.15, 0.2) is 42.5 Å². The van der Waals surface area contributed by atoms with Gasteiger partial charge in [-0.15, -0.1) is 0 Å². The first-order valence-corrected chi connectivity index (χ1v) is 10.5. The van der Waals surface area contributed by atoms with Crippen molar-refractivity contribution in [3.63, 3.8) is 0 Å². The van der Waals surface area contributed by atoms with Crippen LogP contribution in [0.3, 0.4) is 0 Å². The van der Waals surface area contributed by atoms with E-state index in [0.29, 0.717) is 36.1 Å². The predicted octanol–water partition coefficient (Wildman–Crippen LogP) is 3.72. The SMILES string of the molecule is CC.NC(=O)Nc1cc(Cl)ccc1OCC(=O)N1CCN(Cc2ccc(F)cc2)CC1. The summed E-state index contributed by atoms with van der Waals surface area (Å²) in [5.41, 5.74) is 6.49. The van der Waals surface area contributed by atoms with Crippen molar-refractivity contribution in [3.8, 4) is 5.75 Å². The van der Waals surface area contributed by atoms with Crippen LogP contribution >= 0.6 is 11.6 Å². The monoisotopic (exact) mass is 450 g/mol. The van der Waals surface area contributed by atoms with Gasteiger partial charge in [-0.05, 0) is 35.9 Å². The molecule has 3 N–H and O–H groups in total. The second-order valence-electron chi connectivity index (χ2n) is 6.70. The van der Waals surface area contributed by atoms with Gasteiger partial charge in [0.05, 0.1) is 5.69 Å². The smallest absolute Gasteiger partial charge is 0.316 e. The van der Waals surface area contributed by atoms with Crippen molar-refractivity contribution in [1.29, 1.82) is 0 Å². The molecule has 0 atom stereocenters. The highest BCUT2D eigenvalue weighted by Gasteiger charge is 2.22. The summed E-state index contributed by atoms with van der Waals surface area (Å²) >= 11 is 5.92. The number of carbonyl (C=O) groups is 2. The van der Waals surface area contributed by atoms with E-state index in [1.54, 1.807) is 29.2 Å². The van der Waals surface area contributed by atoms with Gasteiger partial charge >= 0.3 is 6.03 Å². The molecule has 0 spiro atoms. The summed E-state index contributed by atoms with van der Waals surface area (Å²) in [6.45, 7) is 7.16. The molecule has 0 aromatic heterocycles. The number of urea groups is 1. The average Bonchev–Trinajstić information content (AvgIpc) is 2.76. The van der Waals surface area contributed by atoms with Gasteiger partial charge in [-0.25, -0.2) is 9.18 Å². The number of nitrogens with two attached hydrogens (primary N) is 1. The van der Waals surface area contributed by atoms with E-state index in [-0.39, 0.29) is 18.3 Å². The van der Waals surface area contributed by atoms with E-state index in [4.69, 9.17) is 22.1 Å². The minimum atomic E-state index is -0.749. The van der Waals surface area contributed by atoms with Gasteiger partial charge in [-0.1, -0.05) is 37.6 Å². The van der Waals surface area contributed by atoms with Crippen LogP contribution in [0, 0.1) is 5.82 Å². The van der Waals surface area contributed by atoms with Crippen LogP contribution in [0.1, 0.15) is 19.4 Å². The summed E-state index contributed by atoms with van der Waals surface area (Å²) in [6, 6.07) is 10.4. The number of ether oxygens (including phenoxy) is 1. The van der Waals surface area contributed by atoms with Gasteiger partial charge < -0.3 is 20.7 Å². The average molecular weight is 451 g/mol. The molecular weight excluding hydrogens is 423 g/mol. The zero-order valence-corrected chi connectivity index (χ0v) is 18.5. The van der Waals surface area contributed by atoms with Crippen LogP contribution < -0.4 is 15.8 Å². The standard InChI is InChI=1S/C20H22ClFN4O3.C2H6/c21-15-3-6-18(17(11-15)24-20(23)28)29-13-19(27)26-9-7-25(8-10-26)12-14-1-4-16(22)5-2-14;1-2/h1-6,11H,7-10,12-13H2,(H3,23,24,28);1-2H3. The lowest BCUT2D eigenvalue weighted by atomic mass is 10.2. The molecule has 3 amide bonds. The number of halogens is 2. The Kier molecular flexibility index (Phi) is 9.55. The molecule has 31 heavy (non-hydrogen) atoms. The summed E-state index contributed by atoms with van der Waals surface area (Å²) < 4.78 is 18.6. The molecule has 168 valence electrons. The molecule has 0 saturated carbocycles. The Hall–Kier alpha value is -2.84. The molecule has 1 aliphatic rings. The second kappa shape index (κ2) is 12.1. The number of rotatable bonds is 6. The molecule has 0 aliphatic carbocycles. The summed E-state index contributed by atoms with van der Waals surface area (Å²) in [5, 5.41) is 2.83. The Labute approximate surface area is 186 Å². The van der Waals surface area contributed by atoms with Crippen molar-refractivity contribution in [2.24, 2.45) is 5.73 Å². The van der Waals surface area contributed by atoms with E-state index in [1.165, 1.54) is 18.2 Å². The molecule has 2 aromatic rings. The van der Waals surface area contributed by atoms with Gasteiger partial charge in [0.25, 0.3) is 5.91 Å². The fraction of sp³-hybridized carbons (Fsp3) is 0.364. The van der Waals surface area contributed by atoms with Gasteiger partial charge in [0.1, 0.15) is 11.6 Å². The topological polar surface area (TPSA) is 87.9 Å². The molecule has 1 saturated heterocycles. The van der Waals surface area contributed by atoms with Crippen LogP contribution in [-0.4, -0.2) is 54.5 Å². The van der Waals surface area contributed by atoms with Gasteiger partial charge in [-0.3, -0.25) is 9.69 Å². The lowest BCUT2D eigenvalue weighted by Crippen LogP contribution is -2.49. The fourth-order valence-electron chi connectivity index (χ4n) is 3.09. The number of nitrogens with one attached hydrogen (secondary N) is 1. The first-order chi connectivity index (χ1) is 14.9. The number of benzene rings is 2. The van der Waals surface area contributed by atoms with Crippen LogP contribution in [0.2, 0.25) is 5.02 Å². The number of nitrogens with zero attached hydrogens (tertiary/aromatic N) is 2. The molecule has 1 heterocycles. The van der Waals surface area contributed by atoms with Gasteiger partial charge in [0.15, 0.2) is 6.61 Å². The molecule has 2 aromatic carbocycles. The zero-order chi connectivity index (χ0) is 22.8. The molecule has 9 heteroatoms. The fourth-order valence-corrected chi connectivity index (χ4v) is 3.26. The maximum absolute atomic E-state index is 13.0. The number of hydrogen-bond donors (Lipinski definition) is 2. The summed E-state index contributed by atoms with van der Waals surface area (Å²) in [6.07, 6.45) is 0. The third kappa shape index (κ3) is 7.73. The Balaban J connectivity index is 0.00000166. The van der Waals surface area contributed by atoms with Crippen molar-refractivity contribution in [1.82, 2.24) is 9.80 Å². The quantitative estimate of drug-likeness (QED) is 0.702. The van der Waals surface area contributed by atoms with Crippen molar-refractivity contribution in [2.75, 3.05) is 38.1 Å². The molecule has 0 unspecified atom stereocenters. The number of carbonyl (C=O) groups excluding carboxylic acids is 2. The van der Waals surface area contributed by atoms with E-state index in [2.05, 4.69) is 10.2 Å². The van der Waals surface area contributed by atoms with Gasteiger partial charge in [-0.2, -0.15) is 0 Å². The molecule has 7 nitrogen and oxygen atoms in total. The zero-order valence-electron chi connectivity index (χ0n) is 17.7. The molecule has 1 fully saturated rings. The van der Waals surface area contributed by atoms with Crippen molar-refractivity contribution >= 4 is 29.2 Å². The van der Waals surface area contributed by atoms with Crippen LogP contribution in [0.25, 0.3) is 0 Å². The van der Waals surface area contributed by atoms with E-state index < -0.39 is 6.03 Å². The molecule has 3 rings (SSSR count). The third-order valence-electron chi connectivity index (χ3n) is 4.60. The van der Waals surface area contributed by atoms with Crippen LogP contribution in [0.4, 0.5) is 14.9 Å². The van der Waals surface area contributed by atoms with Crippen molar-refractivity contribution in [3.05, 3.63) is 58.9 Å². The number of amides is 3. The first-order valence-electron chi connectivity index (χ1n) is 10.1. The number of piperazine rings is 1. The number of primary amides is 1. The lowest BCUT2D eigenvalue weighted by Gasteiger charge is -2.34. The molecule has 0 radical (unpaired) electrons. The Morgan fingerprint density at radius 3 is 2.35 bits per heavy atom. The van der Waals surface area contributed by atoms with Crippen molar-refractivity contribution < 1.29 is 18.7 Å². The lowest BCUT2D eigenvalue weighted by molar-refractivity contribution is -0.135. The second-order valence-corrected chi connectivity index (χ2v) is 7.14. The number of hydrogen-bond acceptors (Lipinski definition) is 4. The van der Waals surface area contributed by atoms with E-state index in [0.717, 1.165) is 18.7 Å². The highest BCUT2D eigenvalue weighted by molar-refractivity contribution is 6.31. The van der Waals surface area contributed by atoms with Crippen LogP contribution in [-0.2, 0) is 11.3 Å². The van der Waals surface area contributed by atoms with E-state index >= 15 is 0 Å². The summed E-state index contributed by atoms with van der Waals surface area (Å²) in [7, 11) is 0. The maximum Gasteiger partial charge on any atom is 0.316 e. The van der Waals surface area contributed by atoms with Gasteiger partial charge in [0.2, 0.25) is 0 Å². The van der Waals surface area contributed by atoms with Crippen LogP contribution in [0.5, 0.6) is 5.75 Å². The highest BCUT2D eigenvalue weighted by atomic mass is 35.5. The number of anilines is 1. The third-order valence-corrected chi connectivity index (χ3v) is 4.83. The minimum absolute atomic E-state index is 0.147. The Bertz CT molecular complexity index is 872. The molecule has 0 bridgehead atoms. The molecule has 1 aliphatic heterocycles. The molecular formula is C22H28ClFN4O3. The van der Waals surface area contributed by atoms with Gasteiger partial charge in [0, 0.05) is 37.7 Å². The minimum Gasteiger partial charge on any atom is -0.482 e. The predicted molar refractivity (Wildman–Crippen MR) is 120 cm³/mol. The Morgan fingerprint density at radius 2 is 1.74 bits per heavy atom. The first kappa shape index (κ1) is 24.4.